The Labute approximate surface area is 188 Å². The number of carbonyl (C=O) groups excluding carboxylic acids is 3. The Morgan fingerprint density at radius 1 is 1.15 bits per heavy atom. The van der Waals surface area contributed by atoms with Gasteiger partial charge in [-0.2, -0.15) is 13.2 Å². The quantitative estimate of drug-likeness (QED) is 0.439. The van der Waals surface area contributed by atoms with E-state index in [4.69, 9.17) is 4.74 Å². The van der Waals surface area contributed by atoms with E-state index in [0.717, 1.165) is 6.07 Å². The van der Waals surface area contributed by atoms with Crippen LogP contribution in [-0.4, -0.2) is 61.9 Å². The Balaban J connectivity index is 2.73. The number of sulfone groups is 1. The minimum absolute atomic E-state index is 0.0582. The standard InChI is InChI=1S/C21H24F3NO7S/c1-4-25(5-2)16(28)11-32-20-15(33(3,30)31)10-9-12(18(20)21(22,23)24)19(29)17-13(26)7-6-8-14(17)27/h9-10,26H,4-8,11H2,1-3H3. The predicted octanol–water partition coefficient (Wildman–Crippen LogP) is 3.10. The first-order chi connectivity index (χ1) is 15.2. The molecule has 2 rings (SSSR count). The molecule has 0 atom stereocenters. The van der Waals surface area contributed by atoms with Crippen molar-refractivity contribution in [1.29, 1.82) is 0 Å². The molecule has 1 N–H and O–H groups in total. The number of carbonyl (C=O) groups is 3. The van der Waals surface area contributed by atoms with E-state index >= 15 is 0 Å². The lowest BCUT2D eigenvalue weighted by molar-refractivity contribution is -0.141. The molecule has 1 aliphatic carbocycles. The Bertz CT molecular complexity index is 1100. The van der Waals surface area contributed by atoms with Crippen molar-refractivity contribution in [3.05, 3.63) is 34.6 Å². The number of nitrogens with zero attached hydrogens (tertiary/aromatic N) is 1. The van der Waals surface area contributed by atoms with Crippen LogP contribution in [0.4, 0.5) is 13.2 Å². The molecule has 0 saturated carbocycles. The summed E-state index contributed by atoms with van der Waals surface area (Å²) >= 11 is 0. The summed E-state index contributed by atoms with van der Waals surface area (Å²) in [5, 5.41) is 9.99. The third kappa shape index (κ3) is 5.73. The fraction of sp³-hybridized carbons (Fsp3) is 0.476. The van der Waals surface area contributed by atoms with E-state index in [2.05, 4.69) is 0 Å². The molecule has 0 aromatic heterocycles. The summed E-state index contributed by atoms with van der Waals surface area (Å²) in [5.74, 6) is -4.74. The molecule has 33 heavy (non-hydrogen) atoms. The van der Waals surface area contributed by atoms with Gasteiger partial charge in [0.05, 0.1) is 0 Å². The molecule has 1 aromatic rings. The first-order valence-electron chi connectivity index (χ1n) is 10.1. The van der Waals surface area contributed by atoms with E-state index in [-0.39, 0.29) is 32.4 Å². The number of amides is 1. The summed E-state index contributed by atoms with van der Waals surface area (Å²) in [5.41, 5.74) is -3.57. The van der Waals surface area contributed by atoms with Crippen LogP contribution < -0.4 is 4.74 Å². The fourth-order valence-electron chi connectivity index (χ4n) is 3.49. The maximum Gasteiger partial charge on any atom is 0.420 e. The number of likely N-dealkylation sites (N-methyl/N-ethyl adjacent to an activating group) is 1. The van der Waals surface area contributed by atoms with Gasteiger partial charge in [0.1, 0.15) is 21.8 Å². The van der Waals surface area contributed by atoms with E-state index in [9.17, 15) is 41.1 Å². The number of hydrogen-bond donors (Lipinski definition) is 1. The summed E-state index contributed by atoms with van der Waals surface area (Å²) in [6, 6.07) is 1.38. The van der Waals surface area contributed by atoms with Crippen molar-refractivity contribution in [1.82, 2.24) is 4.90 Å². The fourth-order valence-corrected chi connectivity index (χ4v) is 4.30. The van der Waals surface area contributed by atoms with Gasteiger partial charge in [-0.15, -0.1) is 0 Å². The highest BCUT2D eigenvalue weighted by Crippen LogP contribution is 2.43. The van der Waals surface area contributed by atoms with Crippen LogP contribution in [0.3, 0.4) is 0 Å². The first kappa shape index (κ1) is 26.4. The normalized spacial score (nSPS) is 14.9. The van der Waals surface area contributed by atoms with Crippen LogP contribution in [0.1, 0.15) is 49.0 Å². The van der Waals surface area contributed by atoms with Crippen LogP contribution in [0.5, 0.6) is 5.75 Å². The third-order valence-electron chi connectivity index (χ3n) is 5.12. The van der Waals surface area contributed by atoms with Gasteiger partial charge in [0.2, 0.25) is 5.78 Å². The maximum absolute atomic E-state index is 14.1. The summed E-state index contributed by atoms with van der Waals surface area (Å²) in [4.78, 5) is 37.7. The van der Waals surface area contributed by atoms with Gasteiger partial charge in [-0.25, -0.2) is 8.42 Å². The maximum atomic E-state index is 14.1. The van der Waals surface area contributed by atoms with E-state index in [1.807, 2.05) is 0 Å². The minimum atomic E-state index is -5.28. The Morgan fingerprint density at radius 2 is 1.76 bits per heavy atom. The molecular formula is C21H24F3NO7S. The topological polar surface area (TPSA) is 118 Å². The number of allylic oxidation sites excluding steroid dienone is 2. The summed E-state index contributed by atoms with van der Waals surface area (Å²) in [6.45, 7) is 2.88. The number of alkyl halides is 3. The molecule has 1 amide bonds. The lowest BCUT2D eigenvalue weighted by Gasteiger charge is -2.23. The van der Waals surface area contributed by atoms with Gasteiger partial charge in [0.15, 0.2) is 28.0 Å². The van der Waals surface area contributed by atoms with Crippen molar-refractivity contribution in [3.63, 3.8) is 0 Å². The number of aliphatic hydroxyl groups excluding tert-OH is 1. The van der Waals surface area contributed by atoms with Gasteiger partial charge in [-0.3, -0.25) is 14.4 Å². The predicted molar refractivity (Wildman–Crippen MR) is 111 cm³/mol. The smallest absolute Gasteiger partial charge is 0.420 e. The molecule has 0 bridgehead atoms. The first-order valence-corrected chi connectivity index (χ1v) is 12.0. The zero-order chi connectivity index (χ0) is 25.1. The van der Waals surface area contributed by atoms with Crippen molar-refractivity contribution in [2.45, 2.75) is 44.2 Å². The van der Waals surface area contributed by atoms with E-state index < -0.39 is 73.2 Å². The molecule has 0 unspecified atom stereocenters. The van der Waals surface area contributed by atoms with Crippen molar-refractivity contribution < 1.29 is 45.8 Å². The molecule has 0 radical (unpaired) electrons. The van der Waals surface area contributed by atoms with Crippen LogP contribution >= 0.6 is 0 Å². The van der Waals surface area contributed by atoms with E-state index in [1.54, 1.807) is 13.8 Å². The Hall–Kier alpha value is -2.89. The highest BCUT2D eigenvalue weighted by molar-refractivity contribution is 7.90. The molecule has 1 aliphatic rings. The van der Waals surface area contributed by atoms with Gasteiger partial charge < -0.3 is 14.7 Å². The van der Waals surface area contributed by atoms with E-state index in [1.165, 1.54) is 4.90 Å². The molecule has 8 nitrogen and oxygen atoms in total. The average Bonchev–Trinajstić information content (AvgIpc) is 2.70. The number of aliphatic hydroxyl groups is 1. The average molecular weight is 491 g/mol. The Kier molecular flexibility index (Phi) is 7.94. The summed E-state index contributed by atoms with van der Waals surface area (Å²) in [7, 11) is -4.27. The molecule has 182 valence electrons. The second kappa shape index (κ2) is 9.94. The van der Waals surface area contributed by atoms with Crippen LogP contribution in [0, 0.1) is 0 Å². The van der Waals surface area contributed by atoms with Crippen LogP contribution in [0.15, 0.2) is 28.4 Å². The number of halogens is 3. The Morgan fingerprint density at radius 3 is 2.24 bits per heavy atom. The van der Waals surface area contributed by atoms with Gasteiger partial charge in [0.25, 0.3) is 5.91 Å². The molecule has 0 fully saturated rings. The second-order valence-corrected chi connectivity index (χ2v) is 9.35. The number of Topliss-reactive ketones (excluding diaryl/α,β-unsaturated/α-hetero) is 2. The second-order valence-electron chi connectivity index (χ2n) is 7.37. The number of rotatable bonds is 8. The third-order valence-corrected chi connectivity index (χ3v) is 6.24. The van der Waals surface area contributed by atoms with Gasteiger partial charge in [-0.1, -0.05) is 0 Å². The van der Waals surface area contributed by atoms with Gasteiger partial charge >= 0.3 is 6.18 Å². The molecule has 12 heteroatoms. The number of benzene rings is 1. The molecule has 1 aromatic carbocycles. The zero-order valence-electron chi connectivity index (χ0n) is 18.3. The highest BCUT2D eigenvalue weighted by Gasteiger charge is 2.43. The number of ether oxygens (including phenoxy) is 1. The molecule has 0 aliphatic heterocycles. The van der Waals surface area contributed by atoms with Crippen LogP contribution in [-0.2, 0) is 25.6 Å². The lowest BCUT2D eigenvalue weighted by atomic mass is 9.88. The highest BCUT2D eigenvalue weighted by atomic mass is 32.2. The number of ketones is 2. The van der Waals surface area contributed by atoms with Crippen molar-refractivity contribution >= 4 is 27.3 Å². The lowest BCUT2D eigenvalue weighted by Crippen LogP contribution is -2.35. The molecule has 0 saturated heterocycles. The summed E-state index contributed by atoms with van der Waals surface area (Å²) < 4.78 is 71.8. The molecule has 0 heterocycles. The van der Waals surface area contributed by atoms with Crippen molar-refractivity contribution in [3.8, 4) is 5.75 Å². The van der Waals surface area contributed by atoms with Gasteiger partial charge in [-0.05, 0) is 32.4 Å². The zero-order valence-corrected chi connectivity index (χ0v) is 19.1. The van der Waals surface area contributed by atoms with Crippen LogP contribution in [0.2, 0.25) is 0 Å². The molecule has 0 spiro atoms. The van der Waals surface area contributed by atoms with Crippen molar-refractivity contribution in [2.75, 3.05) is 26.0 Å². The van der Waals surface area contributed by atoms with Crippen LogP contribution in [0.25, 0.3) is 0 Å². The van der Waals surface area contributed by atoms with Gasteiger partial charge in [0, 0.05) is 37.8 Å². The number of hydrogen-bond acceptors (Lipinski definition) is 7. The monoisotopic (exact) mass is 491 g/mol. The SMILES string of the molecule is CCN(CC)C(=O)COc1c(S(C)(=O)=O)ccc(C(=O)C2=C(O)CCCC2=O)c1C(F)(F)F. The molecular weight excluding hydrogens is 467 g/mol. The van der Waals surface area contributed by atoms with Crippen molar-refractivity contribution in [2.24, 2.45) is 0 Å². The van der Waals surface area contributed by atoms with E-state index in [0.29, 0.717) is 12.3 Å². The minimum Gasteiger partial charge on any atom is -0.511 e. The largest absolute Gasteiger partial charge is 0.511 e. The summed E-state index contributed by atoms with van der Waals surface area (Å²) in [6.07, 6.45) is -4.58.